The van der Waals surface area contributed by atoms with E-state index < -0.39 is 0 Å². The fourth-order valence-corrected chi connectivity index (χ4v) is 4.19. The number of rotatable bonds is 4. The molecule has 0 radical (unpaired) electrons. The standard InChI is InChI=1S/C21H26O2/c1-15-16(18-9-4-6-13-20(18)22-2)11-8-12-17(15)19-10-5-7-14-21(19)23-3/h4-7,9-10,13-17H,8,11-12H2,1-3H3. The molecule has 122 valence electrons. The third kappa shape index (κ3) is 3.08. The minimum Gasteiger partial charge on any atom is -0.496 e. The Morgan fingerprint density at radius 3 is 1.61 bits per heavy atom. The van der Waals surface area contributed by atoms with Crippen LogP contribution >= 0.6 is 0 Å². The number of benzene rings is 2. The van der Waals surface area contributed by atoms with Gasteiger partial charge in [-0.1, -0.05) is 49.7 Å². The molecule has 0 spiro atoms. The molecule has 0 saturated heterocycles. The first-order chi connectivity index (χ1) is 11.3. The van der Waals surface area contributed by atoms with Gasteiger partial charge in [0.05, 0.1) is 14.2 Å². The Morgan fingerprint density at radius 2 is 1.17 bits per heavy atom. The Balaban J connectivity index is 1.94. The quantitative estimate of drug-likeness (QED) is 0.753. The topological polar surface area (TPSA) is 18.5 Å². The van der Waals surface area contributed by atoms with Crippen LogP contribution in [0.4, 0.5) is 0 Å². The summed E-state index contributed by atoms with van der Waals surface area (Å²) in [6, 6.07) is 17.0. The number of hydrogen-bond donors (Lipinski definition) is 0. The lowest BCUT2D eigenvalue weighted by atomic mass is 9.67. The Morgan fingerprint density at radius 1 is 0.739 bits per heavy atom. The molecule has 0 heterocycles. The van der Waals surface area contributed by atoms with Crippen molar-refractivity contribution in [2.75, 3.05) is 14.2 Å². The van der Waals surface area contributed by atoms with Crippen molar-refractivity contribution in [1.82, 2.24) is 0 Å². The molecule has 0 amide bonds. The van der Waals surface area contributed by atoms with E-state index in [2.05, 4.69) is 43.3 Å². The molecule has 2 atom stereocenters. The molecule has 2 aromatic rings. The predicted molar refractivity (Wildman–Crippen MR) is 94.5 cm³/mol. The summed E-state index contributed by atoms with van der Waals surface area (Å²) in [6.07, 6.45) is 3.70. The van der Waals surface area contributed by atoms with Crippen LogP contribution in [0.1, 0.15) is 49.1 Å². The van der Waals surface area contributed by atoms with Gasteiger partial charge in [-0.15, -0.1) is 0 Å². The molecule has 0 aromatic heterocycles. The predicted octanol–water partition coefficient (Wildman–Crippen LogP) is 5.39. The van der Waals surface area contributed by atoms with Crippen LogP contribution in [0.3, 0.4) is 0 Å². The van der Waals surface area contributed by atoms with Gasteiger partial charge < -0.3 is 9.47 Å². The molecule has 0 bridgehead atoms. The summed E-state index contributed by atoms with van der Waals surface area (Å²) in [6.45, 7) is 2.38. The zero-order valence-electron chi connectivity index (χ0n) is 14.3. The SMILES string of the molecule is COc1ccccc1C1CCCC(c2ccccc2OC)C1C. The lowest BCUT2D eigenvalue weighted by Gasteiger charge is -2.37. The first kappa shape index (κ1) is 15.9. The second-order valence-electron chi connectivity index (χ2n) is 6.49. The average molecular weight is 310 g/mol. The molecule has 2 aromatic carbocycles. The Hall–Kier alpha value is -1.96. The molecule has 2 unspecified atom stereocenters. The van der Waals surface area contributed by atoms with E-state index in [1.807, 2.05) is 12.1 Å². The van der Waals surface area contributed by atoms with Crippen molar-refractivity contribution in [1.29, 1.82) is 0 Å². The van der Waals surface area contributed by atoms with E-state index >= 15 is 0 Å². The van der Waals surface area contributed by atoms with Gasteiger partial charge in [-0.3, -0.25) is 0 Å². The molecule has 0 N–H and O–H groups in total. The maximum atomic E-state index is 5.61. The molecular weight excluding hydrogens is 284 g/mol. The first-order valence-corrected chi connectivity index (χ1v) is 8.52. The van der Waals surface area contributed by atoms with Gasteiger partial charge in [-0.25, -0.2) is 0 Å². The number of para-hydroxylation sites is 2. The average Bonchev–Trinajstić information content (AvgIpc) is 2.62. The van der Waals surface area contributed by atoms with E-state index in [1.165, 1.54) is 30.4 Å². The van der Waals surface area contributed by atoms with Crippen molar-refractivity contribution in [2.45, 2.75) is 38.0 Å². The highest BCUT2D eigenvalue weighted by Crippen LogP contribution is 2.49. The fraction of sp³-hybridized carbons (Fsp3) is 0.429. The van der Waals surface area contributed by atoms with Crippen molar-refractivity contribution in [2.24, 2.45) is 5.92 Å². The van der Waals surface area contributed by atoms with E-state index in [0.29, 0.717) is 17.8 Å². The van der Waals surface area contributed by atoms with Gasteiger partial charge in [-0.05, 0) is 53.9 Å². The summed E-state index contributed by atoms with van der Waals surface area (Å²) in [5.41, 5.74) is 2.70. The molecule has 3 rings (SSSR count). The van der Waals surface area contributed by atoms with Crippen molar-refractivity contribution < 1.29 is 9.47 Å². The molecule has 0 aliphatic heterocycles. The van der Waals surface area contributed by atoms with Crippen LogP contribution in [0, 0.1) is 5.92 Å². The van der Waals surface area contributed by atoms with Gasteiger partial charge in [0.25, 0.3) is 0 Å². The van der Waals surface area contributed by atoms with Crippen molar-refractivity contribution in [3.63, 3.8) is 0 Å². The molecule has 1 fully saturated rings. The van der Waals surface area contributed by atoms with E-state index in [0.717, 1.165) is 11.5 Å². The minimum atomic E-state index is 0.537. The van der Waals surface area contributed by atoms with Crippen LogP contribution in [0.2, 0.25) is 0 Å². The van der Waals surface area contributed by atoms with Crippen LogP contribution in [0.25, 0.3) is 0 Å². The summed E-state index contributed by atoms with van der Waals surface area (Å²) >= 11 is 0. The van der Waals surface area contributed by atoms with Crippen LogP contribution in [-0.4, -0.2) is 14.2 Å². The maximum Gasteiger partial charge on any atom is 0.122 e. The van der Waals surface area contributed by atoms with Gasteiger partial charge >= 0.3 is 0 Å². The normalized spacial score (nSPS) is 24.2. The summed E-state index contributed by atoms with van der Waals surface area (Å²) in [5, 5.41) is 0. The van der Waals surface area contributed by atoms with E-state index in [9.17, 15) is 0 Å². The van der Waals surface area contributed by atoms with Crippen molar-refractivity contribution in [3.05, 3.63) is 59.7 Å². The zero-order chi connectivity index (χ0) is 16.2. The molecule has 1 saturated carbocycles. The maximum absolute atomic E-state index is 5.61. The monoisotopic (exact) mass is 310 g/mol. The fourth-order valence-electron chi connectivity index (χ4n) is 4.19. The number of methoxy groups -OCH3 is 2. The lowest BCUT2D eigenvalue weighted by molar-refractivity contribution is 0.272. The molecular formula is C21H26O2. The van der Waals surface area contributed by atoms with Crippen LogP contribution in [0.15, 0.2) is 48.5 Å². The molecule has 23 heavy (non-hydrogen) atoms. The Kier molecular flexibility index (Phi) is 4.90. The summed E-state index contributed by atoms with van der Waals surface area (Å²) in [7, 11) is 3.54. The van der Waals surface area contributed by atoms with Crippen molar-refractivity contribution in [3.8, 4) is 11.5 Å². The molecule has 1 aliphatic carbocycles. The van der Waals surface area contributed by atoms with Crippen LogP contribution in [0.5, 0.6) is 11.5 Å². The number of ether oxygens (including phenoxy) is 2. The third-order valence-corrected chi connectivity index (χ3v) is 5.38. The van der Waals surface area contributed by atoms with E-state index in [1.54, 1.807) is 14.2 Å². The molecule has 1 aliphatic rings. The van der Waals surface area contributed by atoms with E-state index in [4.69, 9.17) is 9.47 Å². The Labute approximate surface area is 139 Å². The van der Waals surface area contributed by atoms with Gasteiger partial charge in [0.2, 0.25) is 0 Å². The summed E-state index contributed by atoms with van der Waals surface area (Å²) in [5.74, 6) is 3.68. The highest BCUT2D eigenvalue weighted by atomic mass is 16.5. The summed E-state index contributed by atoms with van der Waals surface area (Å²) in [4.78, 5) is 0. The highest BCUT2D eigenvalue weighted by molar-refractivity contribution is 5.40. The van der Waals surface area contributed by atoms with Gasteiger partial charge in [0, 0.05) is 0 Å². The van der Waals surface area contributed by atoms with Gasteiger partial charge in [0.15, 0.2) is 0 Å². The second kappa shape index (κ2) is 7.08. The lowest BCUT2D eigenvalue weighted by Crippen LogP contribution is -2.24. The largest absolute Gasteiger partial charge is 0.496 e. The van der Waals surface area contributed by atoms with Crippen molar-refractivity contribution >= 4 is 0 Å². The van der Waals surface area contributed by atoms with E-state index in [-0.39, 0.29) is 0 Å². The van der Waals surface area contributed by atoms with Crippen LogP contribution < -0.4 is 9.47 Å². The second-order valence-corrected chi connectivity index (χ2v) is 6.49. The molecule has 2 heteroatoms. The zero-order valence-corrected chi connectivity index (χ0v) is 14.3. The van der Waals surface area contributed by atoms with Crippen LogP contribution in [-0.2, 0) is 0 Å². The number of hydrogen-bond acceptors (Lipinski definition) is 2. The first-order valence-electron chi connectivity index (χ1n) is 8.52. The third-order valence-electron chi connectivity index (χ3n) is 5.38. The molecule has 2 nitrogen and oxygen atoms in total. The minimum absolute atomic E-state index is 0.537. The smallest absolute Gasteiger partial charge is 0.122 e. The van der Waals surface area contributed by atoms with Gasteiger partial charge in [0.1, 0.15) is 11.5 Å². The Bertz CT molecular complexity index is 594. The summed E-state index contributed by atoms with van der Waals surface area (Å²) < 4.78 is 11.2. The highest BCUT2D eigenvalue weighted by Gasteiger charge is 2.34. The van der Waals surface area contributed by atoms with Gasteiger partial charge in [-0.2, -0.15) is 0 Å².